The molecular weight excluding hydrogens is 372 g/mol. The maximum absolute atomic E-state index is 12.6. The largest absolute Gasteiger partial charge is 0.495 e. The smallest absolute Gasteiger partial charge is 0.329 e. The highest BCUT2D eigenvalue weighted by atomic mass is 35.5. The van der Waals surface area contributed by atoms with Gasteiger partial charge in [-0.25, -0.2) is 9.78 Å². The van der Waals surface area contributed by atoms with E-state index in [9.17, 15) is 14.4 Å². The van der Waals surface area contributed by atoms with Crippen molar-refractivity contribution in [3.8, 4) is 5.75 Å². The second kappa shape index (κ2) is 7.63. The van der Waals surface area contributed by atoms with Crippen molar-refractivity contribution >= 4 is 34.2 Å². The average molecular weight is 389 g/mol. The molecule has 0 aliphatic carbocycles. The number of carbonyl (C=O) groups excluding carboxylic acids is 1. The molecule has 27 heavy (non-hydrogen) atoms. The van der Waals surface area contributed by atoms with E-state index in [1.807, 2.05) is 6.92 Å². The van der Waals surface area contributed by atoms with E-state index in [4.69, 9.17) is 16.3 Å². The SMILES string of the molecule is CCCn1c(=O)[nH]c(=O)c2cc(C(=O)Nc3cc(Cl)ccc3OC)cnc21. The number of nitrogens with zero attached hydrogens (tertiary/aromatic N) is 2. The van der Waals surface area contributed by atoms with E-state index in [1.165, 1.54) is 23.9 Å². The van der Waals surface area contributed by atoms with Gasteiger partial charge in [-0.05, 0) is 30.7 Å². The van der Waals surface area contributed by atoms with Gasteiger partial charge < -0.3 is 10.1 Å². The molecule has 8 nitrogen and oxygen atoms in total. The van der Waals surface area contributed by atoms with Crippen LogP contribution in [0, 0.1) is 0 Å². The second-order valence-electron chi connectivity index (χ2n) is 5.80. The van der Waals surface area contributed by atoms with Crippen LogP contribution in [0.25, 0.3) is 11.0 Å². The Morgan fingerprint density at radius 2 is 2.11 bits per heavy atom. The van der Waals surface area contributed by atoms with Crippen LogP contribution in [0.2, 0.25) is 5.02 Å². The fourth-order valence-electron chi connectivity index (χ4n) is 2.70. The first-order valence-corrected chi connectivity index (χ1v) is 8.60. The molecule has 0 radical (unpaired) electrons. The number of aromatic nitrogens is 3. The first kappa shape index (κ1) is 18.7. The van der Waals surface area contributed by atoms with Crippen molar-refractivity contribution in [3.05, 3.63) is 61.9 Å². The Kier molecular flexibility index (Phi) is 5.27. The minimum atomic E-state index is -0.593. The number of carbonyl (C=O) groups is 1. The number of halogens is 1. The normalized spacial score (nSPS) is 10.8. The third-order valence-corrected chi connectivity index (χ3v) is 4.19. The molecule has 0 unspecified atom stereocenters. The Morgan fingerprint density at radius 3 is 2.81 bits per heavy atom. The van der Waals surface area contributed by atoms with Crippen LogP contribution < -0.4 is 21.3 Å². The number of aryl methyl sites for hydroxylation is 1. The van der Waals surface area contributed by atoms with Crippen LogP contribution >= 0.6 is 11.6 Å². The number of benzene rings is 1. The highest BCUT2D eigenvalue weighted by Gasteiger charge is 2.15. The number of anilines is 1. The highest BCUT2D eigenvalue weighted by Crippen LogP contribution is 2.28. The van der Waals surface area contributed by atoms with Crippen molar-refractivity contribution in [2.75, 3.05) is 12.4 Å². The third kappa shape index (κ3) is 3.70. The summed E-state index contributed by atoms with van der Waals surface area (Å²) in [6.07, 6.45) is 2.01. The van der Waals surface area contributed by atoms with Crippen molar-refractivity contribution < 1.29 is 9.53 Å². The number of amides is 1. The van der Waals surface area contributed by atoms with Crippen LogP contribution in [-0.4, -0.2) is 27.6 Å². The molecule has 9 heteroatoms. The zero-order chi connectivity index (χ0) is 19.6. The van der Waals surface area contributed by atoms with Crippen LogP contribution in [0.5, 0.6) is 5.75 Å². The van der Waals surface area contributed by atoms with Crippen molar-refractivity contribution in [2.24, 2.45) is 0 Å². The summed E-state index contributed by atoms with van der Waals surface area (Å²) in [5, 5.41) is 3.28. The van der Waals surface area contributed by atoms with Gasteiger partial charge in [0.15, 0.2) is 0 Å². The Bertz CT molecular complexity index is 1140. The van der Waals surface area contributed by atoms with Crippen molar-refractivity contribution in [2.45, 2.75) is 19.9 Å². The molecule has 3 aromatic rings. The van der Waals surface area contributed by atoms with E-state index in [2.05, 4.69) is 15.3 Å². The molecule has 0 saturated heterocycles. The van der Waals surface area contributed by atoms with E-state index >= 15 is 0 Å². The number of methoxy groups -OCH3 is 1. The number of H-pyrrole nitrogens is 1. The lowest BCUT2D eigenvalue weighted by Gasteiger charge is -2.11. The van der Waals surface area contributed by atoms with Crippen molar-refractivity contribution in [3.63, 3.8) is 0 Å². The molecule has 2 aromatic heterocycles. The molecule has 0 spiro atoms. The third-order valence-electron chi connectivity index (χ3n) is 3.95. The minimum absolute atomic E-state index is 0.161. The van der Waals surface area contributed by atoms with Gasteiger partial charge >= 0.3 is 5.69 Å². The molecule has 1 amide bonds. The number of hydrogen-bond acceptors (Lipinski definition) is 5. The van der Waals surface area contributed by atoms with Gasteiger partial charge in [0.2, 0.25) is 0 Å². The summed E-state index contributed by atoms with van der Waals surface area (Å²) in [6, 6.07) is 6.22. The van der Waals surface area contributed by atoms with Crippen molar-refractivity contribution in [1.82, 2.24) is 14.5 Å². The number of pyridine rings is 1. The fourth-order valence-corrected chi connectivity index (χ4v) is 2.87. The summed E-state index contributed by atoms with van der Waals surface area (Å²) in [6.45, 7) is 2.31. The highest BCUT2D eigenvalue weighted by molar-refractivity contribution is 6.31. The monoisotopic (exact) mass is 388 g/mol. The molecule has 0 fully saturated rings. The first-order chi connectivity index (χ1) is 12.9. The number of aromatic amines is 1. The molecule has 0 atom stereocenters. The summed E-state index contributed by atoms with van der Waals surface area (Å²) >= 11 is 5.97. The summed E-state index contributed by atoms with van der Waals surface area (Å²) in [5.74, 6) is -0.0475. The van der Waals surface area contributed by atoms with Crippen LogP contribution in [0.15, 0.2) is 40.1 Å². The van der Waals surface area contributed by atoms with E-state index in [0.717, 1.165) is 0 Å². The molecule has 0 aliphatic rings. The summed E-state index contributed by atoms with van der Waals surface area (Å²) < 4.78 is 6.57. The zero-order valence-corrected chi connectivity index (χ0v) is 15.5. The van der Waals surface area contributed by atoms with E-state index in [1.54, 1.807) is 18.2 Å². The van der Waals surface area contributed by atoms with E-state index in [-0.39, 0.29) is 16.6 Å². The quantitative estimate of drug-likeness (QED) is 0.698. The van der Waals surface area contributed by atoms with Gasteiger partial charge in [0.1, 0.15) is 11.4 Å². The van der Waals surface area contributed by atoms with Crippen LogP contribution in [0.3, 0.4) is 0 Å². The topological polar surface area (TPSA) is 106 Å². The maximum atomic E-state index is 12.6. The Labute approximate surface area is 158 Å². The van der Waals surface area contributed by atoms with Crippen LogP contribution in [0.4, 0.5) is 5.69 Å². The van der Waals surface area contributed by atoms with Gasteiger partial charge in [0, 0.05) is 17.8 Å². The van der Waals surface area contributed by atoms with Crippen LogP contribution in [-0.2, 0) is 6.54 Å². The first-order valence-electron chi connectivity index (χ1n) is 8.22. The lowest BCUT2D eigenvalue weighted by atomic mass is 10.2. The molecule has 2 heterocycles. The number of nitrogens with one attached hydrogen (secondary N) is 2. The Hall–Kier alpha value is -3.13. The molecule has 140 valence electrons. The fraction of sp³-hybridized carbons (Fsp3) is 0.222. The second-order valence-corrected chi connectivity index (χ2v) is 6.24. The number of ether oxygens (including phenoxy) is 1. The molecule has 0 aliphatic heterocycles. The molecule has 2 N–H and O–H groups in total. The summed E-state index contributed by atoms with van der Waals surface area (Å²) in [5.41, 5.74) is -0.327. The maximum Gasteiger partial charge on any atom is 0.329 e. The van der Waals surface area contributed by atoms with Gasteiger partial charge in [0.05, 0.1) is 23.7 Å². The molecular formula is C18H17ClN4O4. The average Bonchev–Trinajstić information content (AvgIpc) is 2.65. The zero-order valence-electron chi connectivity index (χ0n) is 14.7. The lowest BCUT2D eigenvalue weighted by molar-refractivity contribution is 0.102. The standard InChI is InChI=1S/C18H17ClN4O4/c1-3-6-23-15-12(17(25)22-18(23)26)7-10(9-20-15)16(24)21-13-8-11(19)4-5-14(13)27-2/h4-5,7-9H,3,6H2,1-2H3,(H,21,24)(H,22,25,26). The lowest BCUT2D eigenvalue weighted by Crippen LogP contribution is -2.31. The van der Waals surface area contributed by atoms with Gasteiger partial charge in [-0.15, -0.1) is 0 Å². The Balaban J connectivity index is 2.03. The molecule has 0 saturated carbocycles. The predicted octanol–water partition coefficient (Wildman–Crippen LogP) is 2.41. The summed E-state index contributed by atoms with van der Waals surface area (Å²) in [4.78, 5) is 43.1. The number of fused-ring (bicyclic) bond motifs is 1. The number of rotatable bonds is 5. The van der Waals surface area contributed by atoms with Gasteiger partial charge in [0.25, 0.3) is 11.5 Å². The van der Waals surface area contributed by atoms with Gasteiger partial charge in [-0.3, -0.25) is 19.1 Å². The Morgan fingerprint density at radius 1 is 1.33 bits per heavy atom. The summed E-state index contributed by atoms with van der Waals surface area (Å²) in [7, 11) is 1.48. The molecule has 0 bridgehead atoms. The predicted molar refractivity (Wildman–Crippen MR) is 103 cm³/mol. The van der Waals surface area contributed by atoms with E-state index < -0.39 is 17.2 Å². The van der Waals surface area contributed by atoms with Gasteiger partial charge in [-0.2, -0.15) is 0 Å². The van der Waals surface area contributed by atoms with Crippen molar-refractivity contribution in [1.29, 1.82) is 0 Å². The molecule has 1 aromatic carbocycles. The molecule has 3 rings (SSSR count). The van der Waals surface area contributed by atoms with Crippen LogP contribution in [0.1, 0.15) is 23.7 Å². The van der Waals surface area contributed by atoms with E-state index in [0.29, 0.717) is 29.4 Å². The number of hydrogen-bond donors (Lipinski definition) is 2. The van der Waals surface area contributed by atoms with Gasteiger partial charge in [-0.1, -0.05) is 18.5 Å². The minimum Gasteiger partial charge on any atom is -0.495 e.